The van der Waals surface area contributed by atoms with E-state index in [0.29, 0.717) is 38.5 Å². The molecule has 0 fully saturated rings. The van der Waals surface area contributed by atoms with Gasteiger partial charge in [-0.15, -0.1) is 0 Å². The summed E-state index contributed by atoms with van der Waals surface area (Å²) in [5, 5.41) is 0.415. The zero-order valence-electron chi connectivity index (χ0n) is 13.4. The number of ether oxygens (including phenoxy) is 2. The third-order valence-corrected chi connectivity index (χ3v) is 4.42. The first-order valence-electron chi connectivity index (χ1n) is 7.55. The molecule has 0 spiro atoms. The number of carbonyl (C=O) groups is 1. The molecule has 2 rings (SSSR count). The Morgan fingerprint density at radius 3 is 2.67 bits per heavy atom. The van der Waals surface area contributed by atoms with Gasteiger partial charge in [0.25, 0.3) is 0 Å². The molecule has 0 aliphatic rings. The van der Waals surface area contributed by atoms with Gasteiger partial charge in [0, 0.05) is 12.5 Å². The molecule has 0 atom stereocenters. The summed E-state index contributed by atoms with van der Waals surface area (Å²) in [6, 6.07) is 8.04. The van der Waals surface area contributed by atoms with Crippen LogP contribution in [0.15, 0.2) is 34.8 Å². The lowest BCUT2D eigenvalue weighted by atomic mass is 10.1. The molecule has 0 aliphatic heterocycles. The molecule has 0 N–H and O–H groups in total. The number of hydrogen-bond acceptors (Lipinski definition) is 3. The van der Waals surface area contributed by atoms with E-state index in [4.69, 9.17) is 21.1 Å². The summed E-state index contributed by atoms with van der Waals surface area (Å²) in [7, 11) is 0. The van der Waals surface area contributed by atoms with Crippen molar-refractivity contribution in [3.8, 4) is 11.5 Å². The predicted octanol–water partition coefficient (Wildman–Crippen LogP) is 5.70. The molecular formula is C18H17BrClFO3. The van der Waals surface area contributed by atoms with Crippen LogP contribution >= 0.6 is 27.5 Å². The van der Waals surface area contributed by atoms with Crippen LogP contribution in [-0.4, -0.2) is 5.97 Å². The fourth-order valence-electron chi connectivity index (χ4n) is 2.07. The van der Waals surface area contributed by atoms with Gasteiger partial charge in [-0.3, -0.25) is 4.79 Å². The van der Waals surface area contributed by atoms with Crippen molar-refractivity contribution in [2.24, 2.45) is 0 Å². The summed E-state index contributed by atoms with van der Waals surface area (Å²) < 4.78 is 25.5. The van der Waals surface area contributed by atoms with Gasteiger partial charge >= 0.3 is 5.97 Å². The second-order valence-electron chi connectivity index (χ2n) is 5.06. The van der Waals surface area contributed by atoms with Crippen LogP contribution in [0.4, 0.5) is 4.39 Å². The SMILES string of the molecule is CCC(=O)Oc1cccc(Cl)c1COc1cc(F)c(CC)cc1Br. The number of carbonyl (C=O) groups excluding carboxylic acids is 1. The van der Waals surface area contributed by atoms with Gasteiger partial charge in [0.2, 0.25) is 0 Å². The van der Waals surface area contributed by atoms with E-state index in [9.17, 15) is 9.18 Å². The Morgan fingerprint density at radius 2 is 2.00 bits per heavy atom. The lowest BCUT2D eigenvalue weighted by Gasteiger charge is -2.14. The number of esters is 1. The first-order valence-corrected chi connectivity index (χ1v) is 8.72. The van der Waals surface area contributed by atoms with Gasteiger partial charge in [-0.05, 0) is 46.1 Å². The van der Waals surface area contributed by atoms with Crippen LogP contribution in [0.3, 0.4) is 0 Å². The molecule has 24 heavy (non-hydrogen) atoms. The minimum atomic E-state index is -0.363. The van der Waals surface area contributed by atoms with E-state index in [-0.39, 0.29) is 24.8 Å². The van der Waals surface area contributed by atoms with E-state index in [2.05, 4.69) is 15.9 Å². The van der Waals surface area contributed by atoms with E-state index in [1.807, 2.05) is 6.92 Å². The number of halogens is 3. The van der Waals surface area contributed by atoms with Gasteiger partial charge < -0.3 is 9.47 Å². The van der Waals surface area contributed by atoms with Gasteiger partial charge in [0.15, 0.2) is 0 Å². The Labute approximate surface area is 153 Å². The monoisotopic (exact) mass is 414 g/mol. The molecule has 0 amide bonds. The summed E-state index contributed by atoms with van der Waals surface area (Å²) in [4.78, 5) is 11.5. The molecule has 0 saturated carbocycles. The van der Waals surface area contributed by atoms with E-state index in [0.717, 1.165) is 0 Å². The predicted molar refractivity (Wildman–Crippen MR) is 95.2 cm³/mol. The molecule has 0 unspecified atom stereocenters. The average molecular weight is 416 g/mol. The number of rotatable bonds is 6. The summed E-state index contributed by atoms with van der Waals surface area (Å²) in [6.45, 7) is 3.64. The molecular weight excluding hydrogens is 399 g/mol. The van der Waals surface area contributed by atoms with E-state index < -0.39 is 0 Å². The standard InChI is InChI=1S/C18H17BrClFO3/c1-3-11-8-13(19)17(9-15(11)21)23-10-12-14(20)6-5-7-16(12)24-18(22)4-2/h5-9H,3-4,10H2,1-2H3. The lowest BCUT2D eigenvalue weighted by molar-refractivity contribution is -0.134. The number of benzene rings is 2. The molecule has 0 heterocycles. The third-order valence-electron chi connectivity index (χ3n) is 3.44. The van der Waals surface area contributed by atoms with Crippen LogP contribution in [-0.2, 0) is 17.8 Å². The number of hydrogen-bond donors (Lipinski definition) is 0. The largest absolute Gasteiger partial charge is 0.487 e. The highest BCUT2D eigenvalue weighted by Crippen LogP contribution is 2.32. The van der Waals surface area contributed by atoms with Gasteiger partial charge in [-0.1, -0.05) is 31.5 Å². The maximum Gasteiger partial charge on any atom is 0.310 e. The minimum absolute atomic E-state index is 0.0511. The van der Waals surface area contributed by atoms with E-state index in [1.54, 1.807) is 31.2 Å². The van der Waals surface area contributed by atoms with Crippen molar-refractivity contribution in [1.82, 2.24) is 0 Å². The van der Waals surface area contributed by atoms with Crippen molar-refractivity contribution in [1.29, 1.82) is 0 Å². The number of aryl methyl sites for hydroxylation is 1. The van der Waals surface area contributed by atoms with Crippen molar-refractivity contribution >= 4 is 33.5 Å². The Hall–Kier alpha value is -1.59. The highest BCUT2D eigenvalue weighted by molar-refractivity contribution is 9.10. The van der Waals surface area contributed by atoms with Crippen molar-refractivity contribution in [3.05, 3.63) is 56.8 Å². The van der Waals surface area contributed by atoms with Crippen molar-refractivity contribution < 1.29 is 18.7 Å². The van der Waals surface area contributed by atoms with Crippen molar-refractivity contribution in [3.63, 3.8) is 0 Å². The molecule has 3 nitrogen and oxygen atoms in total. The highest BCUT2D eigenvalue weighted by atomic mass is 79.9. The minimum Gasteiger partial charge on any atom is -0.487 e. The maximum absolute atomic E-state index is 13.9. The fourth-order valence-corrected chi connectivity index (χ4v) is 2.80. The van der Waals surface area contributed by atoms with Crippen LogP contribution in [0.1, 0.15) is 31.4 Å². The maximum atomic E-state index is 13.9. The Kier molecular flexibility index (Phi) is 6.63. The molecule has 2 aromatic carbocycles. The Morgan fingerprint density at radius 1 is 1.25 bits per heavy atom. The van der Waals surface area contributed by atoms with Gasteiger partial charge in [-0.25, -0.2) is 4.39 Å². The Bertz CT molecular complexity index is 749. The zero-order chi connectivity index (χ0) is 17.7. The lowest BCUT2D eigenvalue weighted by Crippen LogP contribution is -2.09. The smallest absolute Gasteiger partial charge is 0.310 e. The summed E-state index contributed by atoms with van der Waals surface area (Å²) >= 11 is 9.56. The molecule has 0 radical (unpaired) electrons. The highest BCUT2D eigenvalue weighted by Gasteiger charge is 2.14. The normalized spacial score (nSPS) is 10.5. The van der Waals surface area contributed by atoms with Crippen LogP contribution in [0.25, 0.3) is 0 Å². The van der Waals surface area contributed by atoms with E-state index >= 15 is 0 Å². The van der Waals surface area contributed by atoms with Crippen molar-refractivity contribution in [2.45, 2.75) is 33.3 Å². The summed E-state index contributed by atoms with van der Waals surface area (Å²) in [5.41, 5.74) is 1.14. The molecule has 0 bridgehead atoms. The fraction of sp³-hybridized carbons (Fsp3) is 0.278. The first-order chi connectivity index (χ1) is 11.5. The van der Waals surface area contributed by atoms with Crippen LogP contribution in [0, 0.1) is 5.82 Å². The summed E-state index contributed by atoms with van der Waals surface area (Å²) in [5.74, 6) is 0.0130. The van der Waals surface area contributed by atoms with E-state index in [1.165, 1.54) is 6.07 Å². The zero-order valence-corrected chi connectivity index (χ0v) is 15.7. The molecule has 6 heteroatoms. The quantitative estimate of drug-likeness (QED) is 0.448. The van der Waals surface area contributed by atoms with Crippen molar-refractivity contribution in [2.75, 3.05) is 0 Å². The van der Waals surface area contributed by atoms with Gasteiger partial charge in [0.1, 0.15) is 23.9 Å². The molecule has 0 saturated heterocycles. The third kappa shape index (κ3) is 4.48. The van der Waals surface area contributed by atoms with Crippen LogP contribution in [0.2, 0.25) is 5.02 Å². The van der Waals surface area contributed by atoms with Gasteiger partial charge in [-0.2, -0.15) is 0 Å². The molecule has 0 aromatic heterocycles. The van der Waals surface area contributed by atoms with Gasteiger partial charge in [0.05, 0.1) is 15.1 Å². The van der Waals surface area contributed by atoms with Crippen LogP contribution in [0.5, 0.6) is 11.5 Å². The summed E-state index contributed by atoms with van der Waals surface area (Å²) in [6.07, 6.45) is 0.842. The topological polar surface area (TPSA) is 35.5 Å². The van der Waals surface area contributed by atoms with Crippen LogP contribution < -0.4 is 9.47 Å². The Balaban J connectivity index is 2.23. The molecule has 128 valence electrons. The molecule has 2 aromatic rings. The average Bonchev–Trinajstić information content (AvgIpc) is 2.56. The second kappa shape index (κ2) is 8.49. The second-order valence-corrected chi connectivity index (χ2v) is 6.32. The molecule has 0 aliphatic carbocycles. The first kappa shape index (κ1) is 18.7.